The van der Waals surface area contributed by atoms with Crippen molar-refractivity contribution in [3.8, 4) is 5.75 Å². The van der Waals surface area contributed by atoms with Gasteiger partial charge in [-0.3, -0.25) is 9.69 Å². The Balaban J connectivity index is 1.44. The molecule has 35 heavy (non-hydrogen) atoms. The van der Waals surface area contributed by atoms with Crippen molar-refractivity contribution >= 4 is 15.9 Å². The number of likely N-dealkylation sites (N-methyl/N-ethyl adjacent to an activating group) is 1. The molecule has 0 unspecified atom stereocenters. The minimum atomic E-state index is -3.60. The van der Waals surface area contributed by atoms with Crippen LogP contribution in [0.3, 0.4) is 0 Å². The average Bonchev–Trinajstić information content (AvgIpc) is 3.31. The third kappa shape index (κ3) is 6.76. The lowest BCUT2D eigenvalue weighted by Gasteiger charge is -2.35. The normalized spacial score (nSPS) is 20.5. The van der Waals surface area contributed by atoms with Gasteiger partial charge in [-0.2, -0.15) is 0 Å². The Kier molecular flexibility index (Phi) is 9.60. The molecule has 0 aromatic heterocycles. The Morgan fingerprint density at radius 3 is 2.29 bits per heavy atom. The summed E-state index contributed by atoms with van der Waals surface area (Å²) >= 11 is 0. The van der Waals surface area contributed by atoms with Crippen molar-refractivity contribution in [1.29, 1.82) is 0 Å². The van der Waals surface area contributed by atoms with Gasteiger partial charge >= 0.3 is 0 Å². The van der Waals surface area contributed by atoms with Crippen LogP contribution in [0.5, 0.6) is 5.75 Å². The molecule has 198 valence electrons. The lowest BCUT2D eigenvalue weighted by atomic mass is 10.0. The largest absolute Gasteiger partial charge is 0.497 e. The predicted molar refractivity (Wildman–Crippen MR) is 139 cm³/mol. The number of benzene rings is 1. The Morgan fingerprint density at radius 1 is 1.06 bits per heavy atom. The summed E-state index contributed by atoms with van der Waals surface area (Å²) in [7, 11) is 3.70. The first-order chi connectivity index (χ1) is 16.5. The number of methoxy groups -OCH3 is 1. The van der Waals surface area contributed by atoms with Gasteiger partial charge in [0.2, 0.25) is 15.9 Å². The number of sulfonamides is 1. The first-order valence-corrected chi connectivity index (χ1v) is 14.3. The van der Waals surface area contributed by atoms with Crippen molar-refractivity contribution in [3.05, 3.63) is 23.3 Å². The lowest BCUT2D eigenvalue weighted by molar-refractivity contribution is -0.131. The number of aryl methyl sites for hydroxylation is 2. The predicted octanol–water partition coefficient (Wildman–Crippen LogP) is 2.73. The van der Waals surface area contributed by atoms with Crippen LogP contribution < -0.4 is 4.74 Å². The second-order valence-corrected chi connectivity index (χ2v) is 12.3. The van der Waals surface area contributed by atoms with Crippen LogP contribution in [-0.4, -0.2) is 106 Å². The van der Waals surface area contributed by atoms with E-state index in [1.165, 1.54) is 17.1 Å². The summed E-state index contributed by atoms with van der Waals surface area (Å²) in [6.45, 7) is 8.33. The molecule has 1 atom stereocenters. The molecule has 0 N–H and O–H groups in total. The van der Waals surface area contributed by atoms with Gasteiger partial charge in [0, 0.05) is 52.2 Å². The van der Waals surface area contributed by atoms with Crippen molar-refractivity contribution < 1.29 is 17.9 Å². The summed E-state index contributed by atoms with van der Waals surface area (Å²) in [4.78, 5) is 20.1. The maximum Gasteiger partial charge on any atom is 0.243 e. The molecule has 2 aliphatic rings. The van der Waals surface area contributed by atoms with Crippen LogP contribution in [0.4, 0.5) is 0 Å². The number of carbonyl (C=O) groups is 1. The zero-order valence-electron chi connectivity index (χ0n) is 22.4. The van der Waals surface area contributed by atoms with E-state index in [0.29, 0.717) is 53.6 Å². The van der Waals surface area contributed by atoms with E-state index in [1.54, 1.807) is 40.1 Å². The highest BCUT2D eigenvalue weighted by molar-refractivity contribution is 7.89. The number of ether oxygens (including phenoxy) is 1. The second-order valence-electron chi connectivity index (χ2n) is 10.4. The van der Waals surface area contributed by atoms with Crippen LogP contribution in [0.1, 0.15) is 49.7 Å². The van der Waals surface area contributed by atoms with Gasteiger partial charge in [0.05, 0.1) is 12.0 Å². The van der Waals surface area contributed by atoms with Crippen LogP contribution in [0.15, 0.2) is 17.0 Å². The van der Waals surface area contributed by atoms with E-state index < -0.39 is 10.0 Å². The monoisotopic (exact) mass is 508 g/mol. The molecule has 0 bridgehead atoms. The molecular weight excluding hydrogens is 464 g/mol. The molecule has 0 aliphatic carbocycles. The van der Waals surface area contributed by atoms with Gasteiger partial charge in [-0.25, -0.2) is 12.7 Å². The van der Waals surface area contributed by atoms with Gasteiger partial charge in [-0.1, -0.05) is 0 Å². The van der Waals surface area contributed by atoms with E-state index in [-0.39, 0.29) is 11.9 Å². The van der Waals surface area contributed by atoms with Crippen molar-refractivity contribution in [3.63, 3.8) is 0 Å². The number of piperidine rings is 1. The highest BCUT2D eigenvalue weighted by atomic mass is 32.2. The molecule has 0 radical (unpaired) electrons. The maximum atomic E-state index is 13.2. The fourth-order valence-corrected chi connectivity index (χ4v) is 7.09. The van der Waals surface area contributed by atoms with Gasteiger partial charge in [-0.05, 0) is 89.3 Å². The van der Waals surface area contributed by atoms with Gasteiger partial charge in [-0.15, -0.1) is 0 Å². The smallest absolute Gasteiger partial charge is 0.243 e. The van der Waals surface area contributed by atoms with Crippen LogP contribution in [0, 0.1) is 13.8 Å². The first-order valence-electron chi connectivity index (χ1n) is 12.8. The molecule has 0 spiro atoms. The highest BCUT2D eigenvalue weighted by Crippen LogP contribution is 2.28. The second kappa shape index (κ2) is 12.0. The zero-order chi connectivity index (χ0) is 25.8. The van der Waals surface area contributed by atoms with Crippen LogP contribution in [0.2, 0.25) is 0 Å². The van der Waals surface area contributed by atoms with Gasteiger partial charge in [0.15, 0.2) is 0 Å². The van der Waals surface area contributed by atoms with E-state index >= 15 is 0 Å². The minimum Gasteiger partial charge on any atom is -0.497 e. The van der Waals surface area contributed by atoms with Crippen molar-refractivity contribution in [2.24, 2.45) is 0 Å². The Hall–Kier alpha value is -1.68. The molecule has 1 amide bonds. The molecule has 3 rings (SSSR count). The average molecular weight is 509 g/mol. The molecule has 8 nitrogen and oxygen atoms in total. The molecule has 9 heteroatoms. The third-order valence-corrected chi connectivity index (χ3v) is 9.95. The van der Waals surface area contributed by atoms with Crippen LogP contribution >= 0.6 is 0 Å². The van der Waals surface area contributed by atoms with E-state index in [2.05, 4.69) is 16.8 Å². The molecular formula is C26H44N4O4S. The van der Waals surface area contributed by atoms with E-state index in [4.69, 9.17) is 4.74 Å². The Morgan fingerprint density at radius 2 is 1.69 bits per heavy atom. The summed E-state index contributed by atoms with van der Waals surface area (Å²) < 4.78 is 33.0. The number of hydrogen-bond acceptors (Lipinski definition) is 6. The molecule has 2 aliphatic heterocycles. The van der Waals surface area contributed by atoms with Gasteiger partial charge < -0.3 is 14.5 Å². The highest BCUT2D eigenvalue weighted by Gasteiger charge is 2.33. The number of carbonyl (C=O) groups excluding carboxylic acids is 1. The molecule has 2 fully saturated rings. The minimum absolute atomic E-state index is 0.160. The summed E-state index contributed by atoms with van der Waals surface area (Å²) in [5.41, 5.74) is 1.35. The number of likely N-dealkylation sites (tertiary alicyclic amines) is 2. The van der Waals surface area contributed by atoms with Crippen LogP contribution in [-0.2, 0) is 14.8 Å². The van der Waals surface area contributed by atoms with Crippen molar-refractivity contribution in [2.75, 3.05) is 61.0 Å². The van der Waals surface area contributed by atoms with E-state index in [1.807, 2.05) is 11.9 Å². The fourth-order valence-electron chi connectivity index (χ4n) is 5.48. The molecule has 1 aromatic carbocycles. The van der Waals surface area contributed by atoms with E-state index in [0.717, 1.165) is 32.6 Å². The number of rotatable bonds is 10. The molecule has 1 aromatic rings. The quantitative estimate of drug-likeness (QED) is 0.453. The van der Waals surface area contributed by atoms with E-state index in [9.17, 15) is 13.2 Å². The molecule has 2 heterocycles. The first kappa shape index (κ1) is 27.9. The topological polar surface area (TPSA) is 73.4 Å². The van der Waals surface area contributed by atoms with Crippen molar-refractivity contribution in [1.82, 2.24) is 19.0 Å². The Bertz CT molecular complexity index is 953. The fraction of sp³-hybridized carbons (Fsp3) is 0.731. The lowest BCUT2D eigenvalue weighted by Crippen LogP contribution is -2.45. The summed E-state index contributed by atoms with van der Waals surface area (Å²) in [5.74, 6) is 0.813. The summed E-state index contributed by atoms with van der Waals surface area (Å²) in [6, 6.07) is 4.43. The van der Waals surface area contributed by atoms with Gasteiger partial charge in [0.25, 0.3) is 0 Å². The van der Waals surface area contributed by atoms with Crippen LogP contribution in [0.25, 0.3) is 0 Å². The number of nitrogens with zero attached hydrogens (tertiary/aromatic N) is 4. The van der Waals surface area contributed by atoms with Gasteiger partial charge in [0.1, 0.15) is 5.75 Å². The maximum absolute atomic E-state index is 13.2. The summed E-state index contributed by atoms with van der Waals surface area (Å²) in [6.07, 6.45) is 5.25. The number of hydrogen-bond donors (Lipinski definition) is 0. The third-order valence-electron chi connectivity index (χ3n) is 7.79. The number of amides is 1. The molecule has 2 saturated heterocycles. The Labute approximate surface area is 212 Å². The number of unbranched alkanes of at least 4 members (excludes halogenated alkanes) is 1. The molecule has 0 saturated carbocycles. The summed E-state index contributed by atoms with van der Waals surface area (Å²) in [5, 5.41) is 0. The zero-order valence-corrected chi connectivity index (χ0v) is 23.2. The SMILES string of the molecule is COc1cc(C)c(S(=O)(=O)N(C)CCCCC(=O)N(C)[C@@H]2CCN(C3CCN(C)CC3)C2)c(C)c1. The van der Waals surface area contributed by atoms with Crippen molar-refractivity contribution in [2.45, 2.75) is 69.4 Å². The standard InChI is InChI=1S/C26H44N4O4S/c1-20-17-24(34-6)18-21(2)26(20)35(32,33)28(4)13-8-7-9-25(31)29(5)23-12-16-30(19-23)22-10-14-27(3)15-11-22/h17-18,22-23H,7-16,19H2,1-6H3/t23-/m1/s1.